The Hall–Kier alpha value is -1.95. The largest absolute Gasteiger partial charge is 0.493 e. The normalized spacial score (nSPS) is 28.4. The quantitative estimate of drug-likeness (QED) is 0.510. The Bertz CT molecular complexity index is 604. The van der Waals surface area contributed by atoms with Crippen molar-refractivity contribution < 1.29 is 9.47 Å². The molecule has 0 aromatic heterocycles. The first-order valence-electron chi connectivity index (χ1n) is 7.20. The average Bonchev–Trinajstić information content (AvgIpc) is 2.76. The van der Waals surface area contributed by atoms with Crippen LogP contribution in [0.2, 0.25) is 0 Å². The molecule has 2 unspecified atom stereocenters. The van der Waals surface area contributed by atoms with Gasteiger partial charge in [0.25, 0.3) is 0 Å². The lowest BCUT2D eigenvalue weighted by Crippen LogP contribution is -2.45. The van der Waals surface area contributed by atoms with Gasteiger partial charge >= 0.3 is 0 Å². The first-order chi connectivity index (χ1) is 10.3. The molecule has 1 saturated heterocycles. The van der Waals surface area contributed by atoms with Gasteiger partial charge in [0.05, 0.1) is 19.6 Å². The van der Waals surface area contributed by atoms with Crippen molar-refractivity contribution >= 4 is 5.84 Å². The Morgan fingerprint density at radius 2 is 1.82 bits per heavy atom. The standard InChI is InChI=1S/C16H24N4O2/c1-15(9-20(3)10-16(15,2)14(17)19-18)11-6-7-12(21-4)13(8-11)22-5/h6-8,17-18H,9-10H2,1-5H3. The molecule has 2 atom stereocenters. The number of likely N-dealkylation sites (tertiary alicyclic amines) is 1. The summed E-state index contributed by atoms with van der Waals surface area (Å²) in [6, 6.07) is 5.86. The molecule has 1 heterocycles. The molecular formula is C16H24N4O2. The van der Waals surface area contributed by atoms with Crippen molar-refractivity contribution in [2.45, 2.75) is 19.3 Å². The number of rotatable bonds is 4. The maximum atomic E-state index is 8.17. The highest BCUT2D eigenvalue weighted by atomic mass is 16.5. The van der Waals surface area contributed by atoms with Crippen LogP contribution in [0.4, 0.5) is 0 Å². The van der Waals surface area contributed by atoms with Gasteiger partial charge in [-0.05, 0) is 24.7 Å². The van der Waals surface area contributed by atoms with E-state index in [4.69, 9.17) is 20.4 Å². The number of amidine groups is 1. The van der Waals surface area contributed by atoms with E-state index >= 15 is 0 Å². The lowest BCUT2D eigenvalue weighted by molar-refractivity contribution is 0.315. The highest BCUT2D eigenvalue weighted by Crippen LogP contribution is 2.49. The van der Waals surface area contributed by atoms with Gasteiger partial charge in [-0.2, -0.15) is 0 Å². The second-order valence-corrected chi connectivity index (χ2v) is 6.37. The zero-order chi connectivity index (χ0) is 16.5. The summed E-state index contributed by atoms with van der Waals surface area (Å²) in [5.74, 6) is 1.46. The highest BCUT2D eigenvalue weighted by molar-refractivity contribution is 5.87. The summed E-state index contributed by atoms with van der Waals surface area (Å²) in [4.78, 5) is 2.18. The summed E-state index contributed by atoms with van der Waals surface area (Å²) in [7, 11) is 5.26. The molecule has 1 fully saturated rings. The van der Waals surface area contributed by atoms with Gasteiger partial charge in [0.15, 0.2) is 17.3 Å². The molecule has 120 valence electrons. The fourth-order valence-corrected chi connectivity index (χ4v) is 3.53. The van der Waals surface area contributed by atoms with Crippen LogP contribution in [-0.4, -0.2) is 45.1 Å². The summed E-state index contributed by atoms with van der Waals surface area (Å²) >= 11 is 0. The summed E-state index contributed by atoms with van der Waals surface area (Å²) < 4.78 is 10.7. The molecule has 1 aliphatic heterocycles. The highest BCUT2D eigenvalue weighted by Gasteiger charge is 2.55. The smallest absolute Gasteiger partial charge is 0.161 e. The van der Waals surface area contributed by atoms with Gasteiger partial charge < -0.3 is 14.4 Å². The molecule has 1 aliphatic rings. The Morgan fingerprint density at radius 3 is 2.36 bits per heavy atom. The molecule has 0 saturated carbocycles. The Kier molecular flexibility index (Phi) is 4.24. The maximum Gasteiger partial charge on any atom is 0.161 e. The van der Waals surface area contributed by atoms with E-state index in [1.165, 1.54) is 0 Å². The van der Waals surface area contributed by atoms with Crippen molar-refractivity contribution in [3.05, 3.63) is 23.8 Å². The van der Waals surface area contributed by atoms with Crippen molar-refractivity contribution in [2.75, 3.05) is 34.4 Å². The minimum Gasteiger partial charge on any atom is -0.493 e. The first kappa shape index (κ1) is 16.4. The minimum atomic E-state index is -0.525. The van der Waals surface area contributed by atoms with Crippen molar-refractivity contribution in [3.8, 4) is 11.5 Å². The zero-order valence-electron chi connectivity index (χ0n) is 13.9. The average molecular weight is 304 g/mol. The number of ether oxygens (including phenoxy) is 2. The summed E-state index contributed by atoms with van der Waals surface area (Å²) in [5.41, 5.74) is 7.49. The van der Waals surface area contributed by atoms with Crippen LogP contribution in [0.5, 0.6) is 11.5 Å². The third-order valence-electron chi connectivity index (χ3n) is 5.05. The van der Waals surface area contributed by atoms with E-state index < -0.39 is 5.41 Å². The van der Waals surface area contributed by atoms with Crippen molar-refractivity contribution in [1.82, 2.24) is 4.90 Å². The molecule has 6 nitrogen and oxygen atoms in total. The monoisotopic (exact) mass is 304 g/mol. The number of hydrogen-bond acceptors (Lipinski definition) is 5. The molecule has 1 aromatic carbocycles. The van der Waals surface area contributed by atoms with Crippen LogP contribution in [0, 0.1) is 16.4 Å². The van der Waals surface area contributed by atoms with Gasteiger partial charge in [0, 0.05) is 18.5 Å². The van der Waals surface area contributed by atoms with Gasteiger partial charge in [-0.1, -0.05) is 19.9 Å². The molecule has 2 N–H and O–H groups in total. The summed E-state index contributed by atoms with van der Waals surface area (Å²) in [6.07, 6.45) is 0. The Labute approximate surface area is 131 Å². The summed E-state index contributed by atoms with van der Waals surface area (Å²) in [5, 5.41) is 11.6. The topological polar surface area (TPSA) is 81.8 Å². The van der Waals surface area contributed by atoms with Crippen molar-refractivity contribution in [2.24, 2.45) is 10.5 Å². The van der Waals surface area contributed by atoms with E-state index in [0.29, 0.717) is 18.0 Å². The molecule has 6 heteroatoms. The molecule has 0 bridgehead atoms. The number of hydrogen-bond donors (Lipinski definition) is 2. The van der Waals surface area contributed by atoms with Crippen molar-refractivity contribution in [1.29, 1.82) is 10.9 Å². The van der Waals surface area contributed by atoms with Crippen LogP contribution in [0.1, 0.15) is 19.4 Å². The molecule has 2 rings (SSSR count). The molecular weight excluding hydrogens is 280 g/mol. The van der Waals surface area contributed by atoms with Crippen LogP contribution in [0.15, 0.2) is 23.3 Å². The zero-order valence-corrected chi connectivity index (χ0v) is 13.9. The van der Waals surface area contributed by atoms with Gasteiger partial charge in [-0.15, -0.1) is 5.11 Å². The molecule has 0 spiro atoms. The van der Waals surface area contributed by atoms with Crippen LogP contribution in [0.3, 0.4) is 0 Å². The Morgan fingerprint density at radius 1 is 1.18 bits per heavy atom. The second-order valence-electron chi connectivity index (χ2n) is 6.37. The number of nitrogens with one attached hydrogen (secondary N) is 2. The van der Waals surface area contributed by atoms with Crippen molar-refractivity contribution in [3.63, 3.8) is 0 Å². The molecule has 0 aliphatic carbocycles. The van der Waals surface area contributed by atoms with E-state index in [2.05, 4.69) is 16.9 Å². The molecule has 22 heavy (non-hydrogen) atoms. The number of likely N-dealkylation sites (N-methyl/N-ethyl adjacent to an activating group) is 1. The molecule has 0 amide bonds. The number of benzene rings is 1. The fraction of sp³-hybridized carbons (Fsp3) is 0.562. The van der Waals surface area contributed by atoms with Crippen LogP contribution < -0.4 is 9.47 Å². The van der Waals surface area contributed by atoms with Gasteiger partial charge in [-0.25, -0.2) is 5.53 Å². The lowest BCUT2D eigenvalue weighted by atomic mass is 9.63. The van der Waals surface area contributed by atoms with Gasteiger partial charge in [0.1, 0.15) is 0 Å². The van der Waals surface area contributed by atoms with Gasteiger partial charge in [-0.3, -0.25) is 5.41 Å². The third-order valence-corrected chi connectivity index (χ3v) is 5.05. The summed E-state index contributed by atoms with van der Waals surface area (Å²) in [6.45, 7) is 5.61. The lowest BCUT2D eigenvalue weighted by Gasteiger charge is -2.39. The van der Waals surface area contributed by atoms with Gasteiger partial charge in [0.2, 0.25) is 0 Å². The molecule has 0 radical (unpaired) electrons. The van der Waals surface area contributed by atoms with E-state index in [1.54, 1.807) is 14.2 Å². The van der Waals surface area contributed by atoms with Crippen LogP contribution in [-0.2, 0) is 5.41 Å². The maximum absolute atomic E-state index is 8.17. The van der Waals surface area contributed by atoms with E-state index in [9.17, 15) is 0 Å². The van der Waals surface area contributed by atoms with Crippen LogP contribution in [0.25, 0.3) is 0 Å². The predicted octanol–water partition coefficient (Wildman–Crippen LogP) is 2.92. The number of nitrogens with zero attached hydrogens (tertiary/aromatic N) is 2. The Balaban J connectivity index is 2.57. The predicted molar refractivity (Wildman–Crippen MR) is 85.4 cm³/mol. The van der Waals surface area contributed by atoms with E-state index in [0.717, 1.165) is 12.1 Å². The SMILES string of the molecule is COc1ccc(C2(C)CN(C)CC2(C)C(=N)N=N)cc1OC. The van der Waals surface area contributed by atoms with E-state index in [-0.39, 0.29) is 11.3 Å². The minimum absolute atomic E-state index is 0.106. The molecule has 1 aromatic rings. The first-order valence-corrected chi connectivity index (χ1v) is 7.20. The second kappa shape index (κ2) is 5.68. The number of methoxy groups -OCH3 is 2. The fourth-order valence-electron chi connectivity index (χ4n) is 3.53. The van der Waals surface area contributed by atoms with E-state index in [1.807, 2.05) is 32.2 Å². The van der Waals surface area contributed by atoms with Crippen LogP contribution >= 0.6 is 0 Å². The third kappa shape index (κ3) is 2.27.